The number of aromatic amines is 1. The summed E-state index contributed by atoms with van der Waals surface area (Å²) in [5, 5.41) is 12.0. The molecule has 0 radical (unpaired) electrons. The zero-order valence-corrected chi connectivity index (χ0v) is 13.6. The van der Waals surface area contributed by atoms with Crippen LogP contribution in [0.1, 0.15) is 5.56 Å². The van der Waals surface area contributed by atoms with Gasteiger partial charge in [0.25, 0.3) is 5.56 Å². The maximum atomic E-state index is 11.9. The average molecular weight is 402 g/mol. The van der Waals surface area contributed by atoms with Crippen LogP contribution in [0.15, 0.2) is 53.3 Å². The molecular formula is C16H11IN4O. The first-order valence-corrected chi connectivity index (χ1v) is 7.88. The van der Waals surface area contributed by atoms with Crippen molar-refractivity contribution in [3.05, 3.63) is 68.0 Å². The lowest BCUT2D eigenvalue weighted by molar-refractivity contribution is 0.699. The fourth-order valence-electron chi connectivity index (χ4n) is 2.56. The van der Waals surface area contributed by atoms with Crippen LogP contribution < -0.4 is 5.56 Å². The van der Waals surface area contributed by atoms with Crippen molar-refractivity contribution < 1.29 is 0 Å². The SMILES string of the molecule is O=c1[nH]nc2c3ccccc3n(Cc3ccc(I)cc3)nc1-2. The van der Waals surface area contributed by atoms with E-state index in [9.17, 15) is 4.79 Å². The average Bonchev–Trinajstić information content (AvgIpc) is 2.91. The van der Waals surface area contributed by atoms with Crippen molar-refractivity contribution in [3.8, 4) is 11.4 Å². The predicted molar refractivity (Wildman–Crippen MR) is 93.0 cm³/mol. The van der Waals surface area contributed by atoms with Gasteiger partial charge in [0.1, 0.15) is 5.69 Å². The van der Waals surface area contributed by atoms with E-state index in [1.54, 1.807) is 0 Å². The molecule has 22 heavy (non-hydrogen) atoms. The van der Waals surface area contributed by atoms with Gasteiger partial charge in [0.15, 0.2) is 5.69 Å². The zero-order valence-electron chi connectivity index (χ0n) is 11.5. The molecule has 0 atom stereocenters. The zero-order chi connectivity index (χ0) is 15.1. The Morgan fingerprint density at radius 1 is 1.05 bits per heavy atom. The van der Waals surface area contributed by atoms with Crippen LogP contribution in [0.3, 0.4) is 0 Å². The first kappa shape index (κ1) is 13.4. The van der Waals surface area contributed by atoms with Crippen LogP contribution in [0.25, 0.3) is 22.3 Å². The Bertz CT molecular complexity index is 987. The summed E-state index contributed by atoms with van der Waals surface area (Å²) in [6.07, 6.45) is 0. The van der Waals surface area contributed by atoms with Crippen LogP contribution in [-0.4, -0.2) is 20.0 Å². The second kappa shape index (κ2) is 5.20. The van der Waals surface area contributed by atoms with Crippen molar-refractivity contribution >= 4 is 33.5 Å². The van der Waals surface area contributed by atoms with E-state index in [4.69, 9.17) is 0 Å². The molecular weight excluding hydrogens is 391 g/mol. The minimum absolute atomic E-state index is 0.253. The van der Waals surface area contributed by atoms with Gasteiger partial charge in [-0.3, -0.25) is 9.48 Å². The van der Waals surface area contributed by atoms with Crippen LogP contribution in [0.5, 0.6) is 0 Å². The van der Waals surface area contributed by atoms with E-state index >= 15 is 0 Å². The molecule has 0 bridgehead atoms. The van der Waals surface area contributed by atoms with Crippen molar-refractivity contribution in [2.45, 2.75) is 6.54 Å². The number of nitrogens with zero attached hydrogens (tertiary/aromatic N) is 3. The van der Waals surface area contributed by atoms with Gasteiger partial charge >= 0.3 is 0 Å². The number of hydrogen-bond donors (Lipinski definition) is 1. The summed E-state index contributed by atoms with van der Waals surface area (Å²) in [6.45, 7) is 0.609. The lowest BCUT2D eigenvalue weighted by Crippen LogP contribution is -2.12. The van der Waals surface area contributed by atoms with E-state index in [0.717, 1.165) is 16.5 Å². The molecule has 108 valence electrons. The summed E-state index contributed by atoms with van der Waals surface area (Å²) in [5.74, 6) is 0. The molecule has 0 aromatic heterocycles. The third kappa shape index (κ3) is 2.19. The number of nitrogens with one attached hydrogen (secondary N) is 1. The van der Waals surface area contributed by atoms with Crippen molar-refractivity contribution in [3.63, 3.8) is 0 Å². The molecule has 0 aliphatic carbocycles. The monoisotopic (exact) mass is 402 g/mol. The molecule has 4 rings (SSSR count). The number of aromatic nitrogens is 4. The lowest BCUT2D eigenvalue weighted by Gasteiger charge is -2.12. The van der Waals surface area contributed by atoms with Crippen molar-refractivity contribution in [2.75, 3.05) is 0 Å². The topological polar surface area (TPSA) is 63.6 Å². The summed E-state index contributed by atoms with van der Waals surface area (Å²) >= 11 is 2.28. The highest BCUT2D eigenvalue weighted by molar-refractivity contribution is 14.1. The van der Waals surface area contributed by atoms with Crippen LogP contribution in [0.2, 0.25) is 0 Å². The first-order valence-electron chi connectivity index (χ1n) is 6.81. The summed E-state index contributed by atoms with van der Waals surface area (Å²) in [7, 11) is 0. The molecule has 0 unspecified atom stereocenters. The fourth-order valence-corrected chi connectivity index (χ4v) is 2.92. The molecule has 2 aliphatic rings. The number of benzene rings is 2. The van der Waals surface area contributed by atoms with Crippen molar-refractivity contribution in [2.24, 2.45) is 0 Å². The van der Waals surface area contributed by atoms with E-state index in [0.29, 0.717) is 17.9 Å². The van der Waals surface area contributed by atoms with E-state index in [-0.39, 0.29) is 5.56 Å². The fraction of sp³-hybridized carbons (Fsp3) is 0.0625. The molecule has 2 aromatic carbocycles. The number of fused-ring (bicyclic) bond motifs is 3. The summed E-state index contributed by atoms with van der Waals surface area (Å²) in [4.78, 5) is 11.9. The van der Waals surface area contributed by atoms with Crippen LogP contribution in [-0.2, 0) is 6.54 Å². The molecule has 5 nitrogen and oxygen atoms in total. The van der Waals surface area contributed by atoms with E-state index in [1.165, 1.54) is 3.57 Å². The maximum absolute atomic E-state index is 11.9. The normalized spacial score (nSPS) is 11.3. The summed E-state index contributed by atoms with van der Waals surface area (Å²) in [6, 6.07) is 16.1. The second-order valence-corrected chi connectivity index (χ2v) is 6.30. The van der Waals surface area contributed by atoms with E-state index in [1.807, 2.05) is 28.9 Å². The molecule has 0 spiro atoms. The van der Waals surface area contributed by atoms with Crippen LogP contribution in [0, 0.1) is 3.57 Å². The number of halogens is 1. The van der Waals surface area contributed by atoms with Crippen molar-refractivity contribution in [1.29, 1.82) is 0 Å². The van der Waals surface area contributed by atoms with Gasteiger partial charge in [0, 0.05) is 8.96 Å². The second-order valence-electron chi connectivity index (χ2n) is 5.05. The van der Waals surface area contributed by atoms with Crippen LogP contribution >= 0.6 is 22.6 Å². The minimum atomic E-state index is -0.253. The Morgan fingerprint density at radius 3 is 2.64 bits per heavy atom. The Labute approximate surface area is 139 Å². The van der Waals surface area contributed by atoms with Gasteiger partial charge in [-0.2, -0.15) is 10.2 Å². The highest BCUT2D eigenvalue weighted by Crippen LogP contribution is 2.24. The Kier molecular flexibility index (Phi) is 3.18. The standard InChI is InChI=1S/C16H11IN4O/c17-11-7-5-10(6-8-11)9-21-13-4-2-1-3-12(13)14-15(20-21)16(22)19-18-14/h1-8H,9H2,(H,19,22). The smallest absolute Gasteiger partial charge is 0.265 e. The Hall–Kier alpha value is -2.22. The largest absolute Gasteiger partial charge is 0.294 e. The molecule has 0 fully saturated rings. The molecule has 1 N–H and O–H groups in total. The molecule has 0 saturated carbocycles. The number of rotatable bonds is 2. The van der Waals surface area contributed by atoms with Gasteiger partial charge in [-0.1, -0.05) is 30.3 Å². The quantitative estimate of drug-likeness (QED) is 0.525. The van der Waals surface area contributed by atoms with Gasteiger partial charge in [-0.05, 0) is 46.4 Å². The van der Waals surface area contributed by atoms with Gasteiger partial charge in [0.2, 0.25) is 0 Å². The molecule has 0 amide bonds. The highest BCUT2D eigenvalue weighted by atomic mass is 127. The van der Waals surface area contributed by atoms with E-state index in [2.05, 4.69) is 62.2 Å². The first-order chi connectivity index (χ1) is 10.7. The lowest BCUT2D eigenvalue weighted by atomic mass is 10.1. The van der Waals surface area contributed by atoms with Crippen molar-refractivity contribution in [1.82, 2.24) is 20.0 Å². The summed E-state index contributed by atoms with van der Waals surface area (Å²) < 4.78 is 3.05. The maximum Gasteiger partial charge on any atom is 0.294 e. The number of hydrogen-bond acceptors (Lipinski definition) is 3. The van der Waals surface area contributed by atoms with E-state index < -0.39 is 0 Å². The van der Waals surface area contributed by atoms with Gasteiger partial charge in [-0.25, -0.2) is 5.10 Å². The number of para-hydroxylation sites is 1. The number of H-pyrrole nitrogens is 1. The van der Waals surface area contributed by atoms with Crippen LogP contribution in [0.4, 0.5) is 0 Å². The summed E-state index contributed by atoms with van der Waals surface area (Å²) in [5.41, 5.74) is 2.85. The molecule has 2 heterocycles. The van der Waals surface area contributed by atoms with Gasteiger partial charge in [0.05, 0.1) is 12.1 Å². The molecule has 2 aromatic rings. The van der Waals surface area contributed by atoms with Gasteiger partial charge < -0.3 is 0 Å². The minimum Gasteiger partial charge on any atom is -0.265 e. The van der Waals surface area contributed by atoms with Gasteiger partial charge in [-0.15, -0.1) is 0 Å². The predicted octanol–water partition coefficient (Wildman–Crippen LogP) is 2.88. The molecule has 0 saturated heterocycles. The Balaban J connectivity index is 1.94. The third-order valence-electron chi connectivity index (χ3n) is 3.61. The molecule has 2 aliphatic heterocycles. The third-order valence-corrected chi connectivity index (χ3v) is 4.33. The molecule has 6 heteroatoms. The Morgan fingerprint density at radius 2 is 1.82 bits per heavy atom. The highest BCUT2D eigenvalue weighted by Gasteiger charge is 2.18.